The summed E-state index contributed by atoms with van der Waals surface area (Å²) in [6.45, 7) is 0. The molecule has 1 N–H and O–H groups in total. The average Bonchev–Trinajstić information content (AvgIpc) is 3.00. The summed E-state index contributed by atoms with van der Waals surface area (Å²) < 4.78 is 5.23. The average molecular weight is 402 g/mol. The Hall–Kier alpha value is -3.64. The minimum absolute atomic E-state index is 0.0894. The van der Waals surface area contributed by atoms with Crippen LogP contribution in [0.15, 0.2) is 84.6 Å². The van der Waals surface area contributed by atoms with Crippen LogP contribution in [0.3, 0.4) is 0 Å². The molecule has 1 heterocycles. The second kappa shape index (κ2) is 7.77. The van der Waals surface area contributed by atoms with Gasteiger partial charge in [0.15, 0.2) is 5.11 Å². The molecule has 0 spiro atoms. The van der Waals surface area contributed by atoms with Gasteiger partial charge in [-0.15, -0.1) is 0 Å². The van der Waals surface area contributed by atoms with Gasteiger partial charge < -0.3 is 9.84 Å². The number of anilines is 2. The van der Waals surface area contributed by atoms with E-state index in [1.54, 1.807) is 42.4 Å². The molecule has 0 saturated carbocycles. The first-order valence-corrected chi connectivity index (χ1v) is 9.38. The van der Waals surface area contributed by atoms with E-state index in [1.165, 1.54) is 4.90 Å². The van der Waals surface area contributed by atoms with Crippen molar-refractivity contribution < 1.29 is 14.6 Å². The Morgan fingerprint density at radius 3 is 2.14 bits per heavy atom. The summed E-state index contributed by atoms with van der Waals surface area (Å²) in [5, 5.41) is 10.5. The Balaban J connectivity index is 1.85. The van der Waals surface area contributed by atoms with E-state index in [-0.39, 0.29) is 11.7 Å². The number of hydrogen-bond acceptors (Lipinski definition) is 4. The third-order valence-electron chi connectivity index (χ3n) is 4.62. The lowest BCUT2D eigenvalue weighted by molar-refractivity contribution is -0.113. The minimum Gasteiger partial charge on any atom is -0.507 e. The van der Waals surface area contributed by atoms with E-state index >= 15 is 0 Å². The lowest BCUT2D eigenvalue weighted by atomic mass is 10.1. The second-order valence-electron chi connectivity index (χ2n) is 6.38. The molecule has 5 nitrogen and oxygen atoms in total. The number of para-hydroxylation sites is 2. The predicted molar refractivity (Wildman–Crippen MR) is 118 cm³/mol. The first kappa shape index (κ1) is 18.7. The van der Waals surface area contributed by atoms with Crippen molar-refractivity contribution in [2.45, 2.75) is 0 Å². The SMILES string of the molecule is COc1ccc(N2C(=S)N(c3ccccc3)C(=O)C2=Cc2ccccc2O)cc1. The van der Waals surface area contributed by atoms with Crippen LogP contribution in [0.5, 0.6) is 11.5 Å². The molecule has 0 unspecified atom stereocenters. The summed E-state index contributed by atoms with van der Waals surface area (Å²) >= 11 is 5.69. The zero-order valence-electron chi connectivity index (χ0n) is 15.6. The fourth-order valence-electron chi connectivity index (χ4n) is 3.17. The van der Waals surface area contributed by atoms with Gasteiger partial charge in [0.25, 0.3) is 5.91 Å². The van der Waals surface area contributed by atoms with E-state index in [1.807, 2.05) is 54.6 Å². The van der Waals surface area contributed by atoms with Gasteiger partial charge >= 0.3 is 0 Å². The van der Waals surface area contributed by atoms with Crippen LogP contribution in [0.25, 0.3) is 6.08 Å². The molecule has 4 rings (SSSR count). The lowest BCUT2D eigenvalue weighted by Crippen LogP contribution is -2.32. The molecular formula is C23H18N2O3S. The molecule has 29 heavy (non-hydrogen) atoms. The number of nitrogens with zero attached hydrogens (tertiary/aromatic N) is 2. The van der Waals surface area contributed by atoms with Gasteiger partial charge in [0.1, 0.15) is 17.2 Å². The smallest absolute Gasteiger partial charge is 0.281 e. The summed E-state index contributed by atoms with van der Waals surface area (Å²) in [6.07, 6.45) is 1.65. The van der Waals surface area contributed by atoms with E-state index in [9.17, 15) is 9.90 Å². The number of benzene rings is 3. The molecular weight excluding hydrogens is 384 g/mol. The van der Waals surface area contributed by atoms with Gasteiger partial charge in [-0.05, 0) is 60.8 Å². The van der Waals surface area contributed by atoms with Crippen molar-refractivity contribution in [1.29, 1.82) is 0 Å². The number of thiocarbonyl (C=S) groups is 1. The molecule has 144 valence electrons. The van der Waals surface area contributed by atoms with Crippen LogP contribution in [-0.2, 0) is 4.79 Å². The van der Waals surface area contributed by atoms with Crippen LogP contribution >= 0.6 is 12.2 Å². The molecule has 6 heteroatoms. The van der Waals surface area contributed by atoms with Crippen molar-refractivity contribution in [3.8, 4) is 11.5 Å². The normalized spacial score (nSPS) is 15.3. The van der Waals surface area contributed by atoms with Crippen LogP contribution in [0.2, 0.25) is 0 Å². The number of phenols is 1. The largest absolute Gasteiger partial charge is 0.507 e. The third-order valence-corrected chi connectivity index (χ3v) is 4.98. The molecule has 1 fully saturated rings. The Bertz CT molecular complexity index is 1090. The Kier molecular flexibility index (Phi) is 5.01. The minimum atomic E-state index is -0.264. The van der Waals surface area contributed by atoms with Crippen molar-refractivity contribution in [2.75, 3.05) is 16.9 Å². The topological polar surface area (TPSA) is 53.0 Å². The van der Waals surface area contributed by atoms with E-state index in [2.05, 4.69) is 0 Å². The summed E-state index contributed by atoms with van der Waals surface area (Å²) in [5.74, 6) is 0.531. The molecule has 1 saturated heterocycles. The summed E-state index contributed by atoms with van der Waals surface area (Å²) in [6, 6.07) is 23.4. The third kappa shape index (κ3) is 3.46. The van der Waals surface area contributed by atoms with Crippen molar-refractivity contribution in [2.24, 2.45) is 0 Å². The molecule has 0 aliphatic carbocycles. The molecule has 1 aliphatic rings. The van der Waals surface area contributed by atoms with Crippen LogP contribution in [-0.4, -0.2) is 23.2 Å². The number of phenolic OH excluding ortho intramolecular Hbond substituents is 1. The maximum Gasteiger partial charge on any atom is 0.281 e. The van der Waals surface area contributed by atoms with Gasteiger partial charge in [-0.2, -0.15) is 0 Å². The van der Waals surface area contributed by atoms with Crippen molar-refractivity contribution in [1.82, 2.24) is 0 Å². The first-order valence-electron chi connectivity index (χ1n) is 8.97. The quantitative estimate of drug-likeness (QED) is 0.511. The summed E-state index contributed by atoms with van der Waals surface area (Å²) in [5.41, 5.74) is 2.29. The number of ether oxygens (including phenoxy) is 1. The summed E-state index contributed by atoms with van der Waals surface area (Å²) in [7, 11) is 1.60. The summed E-state index contributed by atoms with van der Waals surface area (Å²) in [4.78, 5) is 16.6. The van der Waals surface area contributed by atoms with E-state index < -0.39 is 0 Å². The number of carbonyl (C=O) groups excluding carboxylic acids is 1. The maximum absolute atomic E-state index is 13.4. The standard InChI is InChI=1S/C23H18N2O3S/c1-28-19-13-11-18(12-14-19)24-20(15-16-7-5-6-10-21(16)26)22(27)25(23(24)29)17-8-3-2-4-9-17/h2-15,26H,1H3. The monoisotopic (exact) mass is 402 g/mol. The van der Waals surface area contributed by atoms with Gasteiger partial charge in [0, 0.05) is 11.3 Å². The zero-order valence-corrected chi connectivity index (χ0v) is 16.5. The Morgan fingerprint density at radius 1 is 0.862 bits per heavy atom. The van der Waals surface area contributed by atoms with Crippen molar-refractivity contribution in [3.63, 3.8) is 0 Å². The second-order valence-corrected chi connectivity index (χ2v) is 6.75. The van der Waals surface area contributed by atoms with Crippen molar-refractivity contribution in [3.05, 3.63) is 90.1 Å². The maximum atomic E-state index is 13.4. The molecule has 3 aromatic carbocycles. The van der Waals surface area contributed by atoms with Crippen LogP contribution in [0.1, 0.15) is 5.56 Å². The fourth-order valence-corrected chi connectivity index (χ4v) is 3.56. The Labute approximate surface area is 174 Å². The van der Waals surface area contributed by atoms with Crippen LogP contribution in [0.4, 0.5) is 11.4 Å². The molecule has 0 aromatic heterocycles. The van der Waals surface area contributed by atoms with Crippen molar-refractivity contribution >= 4 is 40.7 Å². The molecule has 1 aliphatic heterocycles. The van der Waals surface area contributed by atoms with Gasteiger partial charge in [0.05, 0.1) is 12.8 Å². The highest BCUT2D eigenvalue weighted by Gasteiger charge is 2.40. The Morgan fingerprint density at radius 2 is 1.48 bits per heavy atom. The molecule has 0 bridgehead atoms. The molecule has 0 atom stereocenters. The predicted octanol–water partition coefficient (Wildman–Crippen LogP) is 4.58. The van der Waals surface area contributed by atoms with Gasteiger partial charge in [-0.1, -0.05) is 36.4 Å². The molecule has 1 amide bonds. The molecule has 3 aromatic rings. The first-order chi connectivity index (χ1) is 14.1. The highest BCUT2D eigenvalue weighted by Crippen LogP contribution is 2.35. The zero-order chi connectivity index (χ0) is 20.4. The van der Waals surface area contributed by atoms with E-state index in [4.69, 9.17) is 17.0 Å². The lowest BCUT2D eigenvalue weighted by Gasteiger charge is -2.20. The van der Waals surface area contributed by atoms with Crippen LogP contribution < -0.4 is 14.5 Å². The van der Waals surface area contributed by atoms with E-state index in [0.717, 1.165) is 5.69 Å². The molecule has 0 radical (unpaired) electrons. The number of rotatable bonds is 4. The van der Waals surface area contributed by atoms with Gasteiger partial charge in [-0.25, -0.2) is 0 Å². The number of hydrogen-bond donors (Lipinski definition) is 1. The van der Waals surface area contributed by atoms with Gasteiger partial charge in [0.2, 0.25) is 0 Å². The van der Waals surface area contributed by atoms with E-state index in [0.29, 0.717) is 27.8 Å². The number of carbonyl (C=O) groups is 1. The number of aromatic hydroxyl groups is 1. The number of methoxy groups -OCH3 is 1. The fraction of sp³-hybridized carbons (Fsp3) is 0.0435. The number of amides is 1. The highest BCUT2D eigenvalue weighted by molar-refractivity contribution is 7.81. The van der Waals surface area contributed by atoms with Crippen LogP contribution in [0, 0.1) is 0 Å². The highest BCUT2D eigenvalue weighted by atomic mass is 32.1. The van der Waals surface area contributed by atoms with Gasteiger partial charge in [-0.3, -0.25) is 14.6 Å².